The molecule has 0 spiro atoms. The highest BCUT2D eigenvalue weighted by molar-refractivity contribution is 7.88. The quantitative estimate of drug-likeness (QED) is 0.555. The number of imidazole rings is 1. The zero-order chi connectivity index (χ0) is 20.1. The van der Waals surface area contributed by atoms with Crippen LogP contribution in [-0.2, 0) is 45.3 Å². The van der Waals surface area contributed by atoms with Gasteiger partial charge < -0.3 is 19.8 Å². The van der Waals surface area contributed by atoms with Crippen LogP contribution in [0.2, 0.25) is 0 Å². The van der Waals surface area contributed by atoms with Crippen molar-refractivity contribution in [1.29, 1.82) is 0 Å². The molecule has 0 bridgehead atoms. The largest absolute Gasteiger partial charge is 0.384 e. The number of fused-ring (bicyclic) bond motifs is 3. The highest BCUT2D eigenvalue weighted by Crippen LogP contribution is 2.31. The number of aromatic nitrogens is 3. The van der Waals surface area contributed by atoms with E-state index in [-0.39, 0.29) is 7.97 Å². The number of hydrogen-bond acceptors (Lipinski definition) is 7. The minimum absolute atomic E-state index is 0. The number of nitrogens with two attached hydrogens (primary N) is 1. The molecule has 2 aromatic heterocycles. The van der Waals surface area contributed by atoms with E-state index in [1.165, 1.54) is 5.56 Å². The molecule has 9 nitrogen and oxygen atoms in total. The summed E-state index contributed by atoms with van der Waals surface area (Å²) >= 11 is 0. The van der Waals surface area contributed by atoms with Crippen molar-refractivity contribution in [3.63, 3.8) is 0 Å². The van der Waals surface area contributed by atoms with Crippen LogP contribution in [0.4, 0.5) is 5.82 Å². The number of ether oxygens (including phenoxy) is 2. The molecule has 0 fully saturated rings. The molecular weight excluding hydrogens is 382 g/mol. The van der Waals surface area contributed by atoms with Crippen LogP contribution in [0.25, 0.3) is 11.0 Å². The SMILES string of the molecule is COCCc1nc2c(N)nc3c(c2n1CCOCCNS(C)(=O)=O)CCCC3.[HH]. The number of aryl methyl sites for hydroxylation is 2. The van der Waals surface area contributed by atoms with E-state index >= 15 is 0 Å². The van der Waals surface area contributed by atoms with Crippen LogP contribution in [0.5, 0.6) is 0 Å². The van der Waals surface area contributed by atoms with E-state index in [4.69, 9.17) is 20.2 Å². The maximum absolute atomic E-state index is 11.1. The molecule has 1 aliphatic carbocycles. The molecule has 10 heteroatoms. The topological polar surface area (TPSA) is 121 Å². The molecule has 0 aliphatic heterocycles. The van der Waals surface area contributed by atoms with Crippen LogP contribution in [0.3, 0.4) is 0 Å². The van der Waals surface area contributed by atoms with Gasteiger partial charge in [0.15, 0.2) is 5.82 Å². The second-order valence-corrected chi connectivity index (χ2v) is 8.86. The van der Waals surface area contributed by atoms with Crippen LogP contribution >= 0.6 is 0 Å². The second kappa shape index (κ2) is 9.17. The monoisotopic (exact) mass is 413 g/mol. The molecule has 28 heavy (non-hydrogen) atoms. The summed E-state index contributed by atoms with van der Waals surface area (Å²) in [4.78, 5) is 9.35. The fourth-order valence-corrected chi connectivity index (χ4v) is 4.09. The number of nitrogens with one attached hydrogen (secondary N) is 1. The third-order valence-corrected chi connectivity index (χ3v) is 5.60. The Hall–Kier alpha value is -1.75. The predicted octanol–water partition coefficient (Wildman–Crippen LogP) is 0.893. The summed E-state index contributed by atoms with van der Waals surface area (Å²) in [6, 6.07) is 0. The van der Waals surface area contributed by atoms with Crippen LogP contribution < -0.4 is 10.5 Å². The molecule has 0 saturated carbocycles. The molecule has 0 amide bonds. The zero-order valence-electron chi connectivity index (χ0n) is 16.5. The summed E-state index contributed by atoms with van der Waals surface area (Å²) in [5, 5.41) is 0. The van der Waals surface area contributed by atoms with E-state index in [9.17, 15) is 8.42 Å². The van der Waals surface area contributed by atoms with Crippen LogP contribution in [0.1, 0.15) is 31.4 Å². The number of nitrogen functional groups attached to an aromatic ring is 1. The Morgan fingerprint density at radius 1 is 1.21 bits per heavy atom. The lowest BCUT2D eigenvalue weighted by atomic mass is 9.95. The molecule has 2 heterocycles. The fourth-order valence-electron chi connectivity index (χ4n) is 3.63. The van der Waals surface area contributed by atoms with E-state index in [0.717, 1.165) is 54.5 Å². The Morgan fingerprint density at radius 2 is 2.00 bits per heavy atom. The lowest BCUT2D eigenvalue weighted by Crippen LogP contribution is -2.26. The smallest absolute Gasteiger partial charge is 0.208 e. The molecule has 0 aromatic carbocycles. The molecule has 3 rings (SSSR count). The summed E-state index contributed by atoms with van der Waals surface area (Å²) in [7, 11) is -1.53. The Balaban J connectivity index is 0.00000300. The number of methoxy groups -OCH3 is 1. The lowest BCUT2D eigenvalue weighted by Gasteiger charge is -2.18. The summed E-state index contributed by atoms with van der Waals surface area (Å²) in [6.07, 6.45) is 6.00. The third kappa shape index (κ3) is 4.99. The van der Waals surface area contributed by atoms with Crippen molar-refractivity contribution < 1.29 is 19.3 Å². The van der Waals surface area contributed by atoms with E-state index in [1.807, 2.05) is 0 Å². The first-order valence-electron chi connectivity index (χ1n) is 9.58. The predicted molar refractivity (Wildman–Crippen MR) is 110 cm³/mol. The van der Waals surface area contributed by atoms with Crippen molar-refractivity contribution in [2.45, 2.75) is 38.6 Å². The number of nitrogens with zero attached hydrogens (tertiary/aromatic N) is 3. The van der Waals surface area contributed by atoms with Gasteiger partial charge in [-0.1, -0.05) is 0 Å². The molecule has 3 N–H and O–H groups in total. The van der Waals surface area contributed by atoms with E-state index < -0.39 is 10.0 Å². The summed E-state index contributed by atoms with van der Waals surface area (Å²) in [5.74, 6) is 1.38. The van der Waals surface area contributed by atoms with Gasteiger partial charge in [-0.25, -0.2) is 23.1 Å². The maximum Gasteiger partial charge on any atom is 0.208 e. The molecule has 0 unspecified atom stereocenters. The van der Waals surface area contributed by atoms with Crippen molar-refractivity contribution in [3.05, 3.63) is 17.1 Å². The third-order valence-electron chi connectivity index (χ3n) is 4.87. The number of hydrogen-bond donors (Lipinski definition) is 2. The molecule has 0 atom stereocenters. The van der Waals surface area contributed by atoms with Crippen molar-refractivity contribution in [2.75, 3.05) is 45.5 Å². The van der Waals surface area contributed by atoms with E-state index in [0.29, 0.717) is 38.6 Å². The average molecular weight is 414 g/mol. The Morgan fingerprint density at radius 3 is 2.75 bits per heavy atom. The van der Waals surface area contributed by atoms with Gasteiger partial charge in [-0.2, -0.15) is 0 Å². The van der Waals surface area contributed by atoms with Crippen molar-refractivity contribution in [2.24, 2.45) is 0 Å². The number of rotatable bonds is 10. The van der Waals surface area contributed by atoms with Crippen molar-refractivity contribution in [1.82, 2.24) is 19.3 Å². The minimum atomic E-state index is -3.20. The van der Waals surface area contributed by atoms with Gasteiger partial charge in [0.25, 0.3) is 0 Å². The van der Waals surface area contributed by atoms with Gasteiger partial charge in [0.05, 0.1) is 31.6 Å². The van der Waals surface area contributed by atoms with Gasteiger partial charge in [-0.3, -0.25) is 0 Å². The first-order chi connectivity index (χ1) is 13.4. The number of anilines is 1. The first-order valence-corrected chi connectivity index (χ1v) is 11.5. The van der Waals surface area contributed by atoms with Gasteiger partial charge in [-0.05, 0) is 31.2 Å². The second-order valence-electron chi connectivity index (χ2n) is 7.03. The van der Waals surface area contributed by atoms with E-state index in [1.54, 1.807) is 7.11 Å². The average Bonchev–Trinajstić information content (AvgIpc) is 3.01. The van der Waals surface area contributed by atoms with E-state index in [2.05, 4.69) is 14.3 Å². The molecule has 0 saturated heterocycles. The first kappa shape index (κ1) is 21.0. The van der Waals surface area contributed by atoms with Gasteiger partial charge in [0, 0.05) is 33.7 Å². The molecule has 158 valence electrons. The van der Waals surface area contributed by atoms with Gasteiger partial charge >= 0.3 is 0 Å². The highest BCUT2D eigenvalue weighted by Gasteiger charge is 2.22. The Labute approximate surface area is 167 Å². The van der Waals surface area contributed by atoms with Gasteiger partial charge in [0.1, 0.15) is 11.3 Å². The summed E-state index contributed by atoms with van der Waals surface area (Å²) in [6.45, 7) is 2.21. The van der Waals surface area contributed by atoms with Crippen LogP contribution in [0, 0.1) is 0 Å². The van der Waals surface area contributed by atoms with Gasteiger partial charge in [-0.15, -0.1) is 0 Å². The van der Waals surface area contributed by atoms with Gasteiger partial charge in [0.2, 0.25) is 10.0 Å². The molecule has 1 aliphatic rings. The normalized spacial score (nSPS) is 14.5. The highest BCUT2D eigenvalue weighted by atomic mass is 32.2. The fraction of sp³-hybridized carbons (Fsp3) is 0.667. The van der Waals surface area contributed by atoms with Crippen molar-refractivity contribution >= 4 is 26.9 Å². The minimum Gasteiger partial charge on any atom is -0.384 e. The Bertz CT molecular complexity index is 932. The van der Waals surface area contributed by atoms with Crippen molar-refractivity contribution in [3.8, 4) is 0 Å². The summed E-state index contributed by atoms with van der Waals surface area (Å²) < 4.78 is 37.7. The molecule has 0 radical (unpaired) electrons. The standard InChI is InChI=1S/C18H29N5O4S.H2/c1-26-10-7-15-22-16-17(13-5-3-4-6-14(13)21-18(16)19)23(15)9-12-27-11-8-20-28(2,24)25;/h20H,3-12H2,1-2H3,(H2,19,21);1H. The zero-order valence-corrected chi connectivity index (χ0v) is 17.3. The Kier molecular flexibility index (Phi) is 6.86. The maximum atomic E-state index is 11.1. The number of pyridine rings is 1. The summed E-state index contributed by atoms with van der Waals surface area (Å²) in [5.41, 5.74) is 10.3. The molecular formula is C18H31N5O4S. The number of sulfonamides is 1. The van der Waals surface area contributed by atoms with Crippen LogP contribution in [-0.4, -0.2) is 62.7 Å². The molecule has 2 aromatic rings. The lowest BCUT2D eigenvalue weighted by molar-refractivity contribution is 0.130. The van der Waals surface area contributed by atoms with Crippen LogP contribution in [0.15, 0.2) is 0 Å².